The molecule has 1 spiro atoms. The zero-order valence-corrected chi connectivity index (χ0v) is 12.4. The Kier molecular flexibility index (Phi) is 4.00. The summed E-state index contributed by atoms with van der Waals surface area (Å²) in [7, 11) is 0. The van der Waals surface area contributed by atoms with E-state index in [0.29, 0.717) is 0 Å². The minimum atomic E-state index is -1.19. The average molecular weight is 305 g/mol. The summed E-state index contributed by atoms with van der Waals surface area (Å²) in [5, 5.41) is 10.2. The van der Waals surface area contributed by atoms with Crippen molar-refractivity contribution in [3.63, 3.8) is 0 Å². The van der Waals surface area contributed by atoms with E-state index in [-0.39, 0.29) is 30.3 Å². The molecule has 1 N–H and O–H groups in total. The number of halogens is 1. The van der Waals surface area contributed by atoms with Gasteiger partial charge in [0.05, 0.1) is 18.1 Å². The van der Waals surface area contributed by atoms with Crippen LogP contribution in [0.2, 0.25) is 0 Å². The van der Waals surface area contributed by atoms with Crippen molar-refractivity contribution >= 4 is 11.8 Å². The van der Waals surface area contributed by atoms with Gasteiger partial charge in [-0.1, -0.05) is 37.5 Å². The number of amides is 2. The summed E-state index contributed by atoms with van der Waals surface area (Å²) in [6.45, 7) is -0.166. The molecule has 3 rings (SSSR count). The van der Waals surface area contributed by atoms with Crippen LogP contribution in [0, 0.1) is 11.2 Å². The molecule has 0 aromatic heterocycles. The second-order valence-electron chi connectivity index (χ2n) is 6.36. The molecule has 1 saturated carbocycles. The number of benzene rings is 1. The van der Waals surface area contributed by atoms with Gasteiger partial charge in [0.2, 0.25) is 11.8 Å². The van der Waals surface area contributed by atoms with Gasteiger partial charge in [-0.25, -0.2) is 4.39 Å². The number of rotatable bonds is 3. The fourth-order valence-corrected chi connectivity index (χ4v) is 3.68. The molecule has 5 heteroatoms. The summed E-state index contributed by atoms with van der Waals surface area (Å²) in [5.74, 6) is -0.962. The Hall–Kier alpha value is -1.75. The van der Waals surface area contributed by atoms with E-state index < -0.39 is 17.3 Å². The first-order chi connectivity index (χ1) is 10.5. The lowest BCUT2D eigenvalue weighted by molar-refractivity contribution is -0.143. The zero-order chi connectivity index (χ0) is 15.7. The van der Waals surface area contributed by atoms with Crippen molar-refractivity contribution in [3.8, 4) is 0 Å². The number of aliphatic hydroxyl groups excluding tert-OH is 1. The molecule has 2 aliphatic rings. The number of carbonyl (C=O) groups is 2. The number of carbonyl (C=O) groups excluding carboxylic acids is 2. The molecule has 0 radical (unpaired) electrons. The van der Waals surface area contributed by atoms with Crippen LogP contribution in [0.3, 0.4) is 0 Å². The summed E-state index contributed by atoms with van der Waals surface area (Å²) in [4.78, 5) is 26.0. The number of aliphatic hydroxyl groups is 1. The quantitative estimate of drug-likeness (QED) is 0.873. The van der Waals surface area contributed by atoms with Gasteiger partial charge in [-0.15, -0.1) is 0 Å². The van der Waals surface area contributed by atoms with Crippen LogP contribution in [0.1, 0.15) is 50.2 Å². The zero-order valence-electron chi connectivity index (χ0n) is 12.4. The highest BCUT2D eigenvalue weighted by Gasteiger charge is 2.51. The normalized spacial score (nSPS) is 22.4. The van der Waals surface area contributed by atoms with Gasteiger partial charge in [0.25, 0.3) is 0 Å². The van der Waals surface area contributed by atoms with Crippen LogP contribution in [-0.2, 0) is 9.59 Å². The van der Waals surface area contributed by atoms with Gasteiger partial charge in [-0.05, 0) is 18.9 Å². The maximum atomic E-state index is 13.7. The number of β-amino-alcohol motifs (C(OH)–C–C–N with tert-alkyl or cyclic N) is 1. The van der Waals surface area contributed by atoms with Gasteiger partial charge in [0.1, 0.15) is 5.82 Å². The molecular weight excluding hydrogens is 285 g/mol. The molecule has 1 aromatic rings. The molecule has 2 fully saturated rings. The van der Waals surface area contributed by atoms with Crippen molar-refractivity contribution in [1.82, 2.24) is 4.90 Å². The first kappa shape index (κ1) is 15.2. The van der Waals surface area contributed by atoms with E-state index in [4.69, 9.17) is 0 Å². The van der Waals surface area contributed by atoms with Crippen LogP contribution < -0.4 is 0 Å². The molecule has 22 heavy (non-hydrogen) atoms. The lowest BCUT2D eigenvalue weighted by Crippen LogP contribution is -2.39. The first-order valence-corrected chi connectivity index (χ1v) is 7.81. The van der Waals surface area contributed by atoms with Gasteiger partial charge in [-0.3, -0.25) is 14.5 Å². The molecule has 1 saturated heterocycles. The average Bonchev–Trinajstić information content (AvgIpc) is 2.73. The maximum absolute atomic E-state index is 13.7. The van der Waals surface area contributed by atoms with Gasteiger partial charge in [0, 0.05) is 12.0 Å². The van der Waals surface area contributed by atoms with Crippen LogP contribution in [-0.4, -0.2) is 28.4 Å². The van der Waals surface area contributed by atoms with E-state index in [1.54, 1.807) is 6.07 Å². The molecular formula is C17H20FNO3. The summed E-state index contributed by atoms with van der Waals surface area (Å²) < 4.78 is 13.7. The fourth-order valence-electron chi connectivity index (χ4n) is 3.68. The lowest BCUT2D eigenvalue weighted by atomic mass is 9.73. The van der Waals surface area contributed by atoms with Crippen LogP contribution in [0.5, 0.6) is 0 Å². The van der Waals surface area contributed by atoms with Gasteiger partial charge < -0.3 is 5.11 Å². The minimum Gasteiger partial charge on any atom is -0.386 e. The third-order valence-electron chi connectivity index (χ3n) is 4.92. The fraction of sp³-hybridized carbons (Fsp3) is 0.529. The molecule has 2 amide bonds. The Balaban J connectivity index is 1.76. The van der Waals surface area contributed by atoms with E-state index in [0.717, 1.165) is 37.0 Å². The van der Waals surface area contributed by atoms with Crippen molar-refractivity contribution in [3.05, 3.63) is 35.6 Å². The van der Waals surface area contributed by atoms with E-state index in [1.165, 1.54) is 18.2 Å². The Morgan fingerprint density at radius 1 is 1.18 bits per heavy atom. The molecule has 1 aromatic carbocycles. The molecule has 118 valence electrons. The summed E-state index contributed by atoms with van der Waals surface area (Å²) >= 11 is 0. The number of hydrogen-bond acceptors (Lipinski definition) is 3. The largest absolute Gasteiger partial charge is 0.386 e. The molecule has 1 atom stereocenters. The Morgan fingerprint density at radius 3 is 2.55 bits per heavy atom. The predicted molar refractivity (Wildman–Crippen MR) is 78.2 cm³/mol. The van der Waals surface area contributed by atoms with Crippen LogP contribution in [0.15, 0.2) is 24.3 Å². The first-order valence-electron chi connectivity index (χ1n) is 7.81. The van der Waals surface area contributed by atoms with E-state index in [9.17, 15) is 19.1 Å². The van der Waals surface area contributed by atoms with Crippen molar-refractivity contribution in [2.45, 2.75) is 44.6 Å². The van der Waals surface area contributed by atoms with Crippen LogP contribution in [0.4, 0.5) is 4.39 Å². The van der Waals surface area contributed by atoms with E-state index in [2.05, 4.69) is 0 Å². The van der Waals surface area contributed by atoms with Crippen LogP contribution in [0.25, 0.3) is 0 Å². The van der Waals surface area contributed by atoms with Crippen molar-refractivity contribution in [1.29, 1.82) is 0 Å². The van der Waals surface area contributed by atoms with E-state index in [1.807, 2.05) is 0 Å². The minimum absolute atomic E-state index is 0.118. The molecule has 0 bridgehead atoms. The number of likely N-dealkylation sites (tertiary alicyclic amines) is 1. The summed E-state index contributed by atoms with van der Waals surface area (Å²) in [5.41, 5.74) is -0.447. The Bertz CT molecular complexity index is 595. The molecule has 1 aliphatic heterocycles. The van der Waals surface area contributed by atoms with Crippen molar-refractivity contribution in [2.24, 2.45) is 5.41 Å². The van der Waals surface area contributed by atoms with E-state index >= 15 is 0 Å². The Labute approximate surface area is 128 Å². The monoisotopic (exact) mass is 305 g/mol. The van der Waals surface area contributed by atoms with Gasteiger partial charge in [0.15, 0.2) is 0 Å². The second kappa shape index (κ2) is 5.80. The molecule has 1 heterocycles. The highest BCUT2D eigenvalue weighted by atomic mass is 19.1. The molecule has 4 nitrogen and oxygen atoms in total. The standard InChI is InChI=1S/C17H20FNO3/c18-13-7-3-2-6-12(13)14(20)11-19-15(21)10-17(16(19)22)8-4-1-5-9-17/h2-3,6-7,14,20H,1,4-5,8-11H2/t14-/m0/s1. The van der Waals surface area contributed by atoms with Crippen LogP contribution >= 0.6 is 0 Å². The molecule has 1 aliphatic carbocycles. The predicted octanol–water partition coefficient (Wildman–Crippen LogP) is 2.57. The highest BCUT2D eigenvalue weighted by Crippen LogP contribution is 2.45. The third kappa shape index (κ3) is 2.54. The van der Waals surface area contributed by atoms with Gasteiger partial charge >= 0.3 is 0 Å². The van der Waals surface area contributed by atoms with Crippen molar-refractivity contribution in [2.75, 3.05) is 6.54 Å². The topological polar surface area (TPSA) is 57.6 Å². The highest BCUT2D eigenvalue weighted by molar-refractivity contribution is 6.06. The summed E-state index contributed by atoms with van der Waals surface area (Å²) in [6, 6.07) is 5.89. The smallest absolute Gasteiger partial charge is 0.236 e. The SMILES string of the molecule is O=C1CC2(CCCCC2)C(=O)N1C[C@H](O)c1ccccc1F. The number of imide groups is 1. The number of nitrogens with zero attached hydrogens (tertiary/aromatic N) is 1. The second-order valence-corrected chi connectivity index (χ2v) is 6.36. The lowest BCUT2D eigenvalue weighted by Gasteiger charge is -2.30. The Morgan fingerprint density at radius 2 is 1.86 bits per heavy atom. The summed E-state index contributed by atoms with van der Waals surface area (Å²) in [6.07, 6.45) is 3.55. The number of hydrogen-bond donors (Lipinski definition) is 1. The van der Waals surface area contributed by atoms with Gasteiger partial charge in [-0.2, -0.15) is 0 Å². The third-order valence-corrected chi connectivity index (χ3v) is 4.92. The maximum Gasteiger partial charge on any atom is 0.236 e. The molecule has 0 unspecified atom stereocenters. The van der Waals surface area contributed by atoms with Crippen molar-refractivity contribution < 1.29 is 19.1 Å².